The highest BCUT2D eigenvalue weighted by Gasteiger charge is 2.23. The summed E-state index contributed by atoms with van der Waals surface area (Å²) < 4.78 is 26.2. The smallest absolute Gasteiger partial charge is 0.219 e. The van der Waals surface area contributed by atoms with E-state index in [0.717, 1.165) is 6.42 Å². The van der Waals surface area contributed by atoms with Gasteiger partial charge in [-0.2, -0.15) is 0 Å². The van der Waals surface area contributed by atoms with Crippen molar-refractivity contribution in [2.45, 2.75) is 32.1 Å². The summed E-state index contributed by atoms with van der Waals surface area (Å²) in [6.07, 6.45) is 2.51. The molecule has 0 spiro atoms. The van der Waals surface area contributed by atoms with Crippen molar-refractivity contribution in [2.75, 3.05) is 20.1 Å². The van der Waals surface area contributed by atoms with Crippen LogP contribution in [0.2, 0.25) is 0 Å². The zero-order valence-corrected chi connectivity index (χ0v) is 13.9. The van der Waals surface area contributed by atoms with Crippen molar-refractivity contribution in [2.24, 2.45) is 0 Å². The molecule has 1 rings (SSSR count). The van der Waals surface area contributed by atoms with Crippen molar-refractivity contribution >= 4 is 22.4 Å². The molecule has 0 aliphatic rings. The molecule has 0 aliphatic carbocycles. The Hall–Kier alpha value is -0.690. The van der Waals surface area contributed by atoms with E-state index in [0.29, 0.717) is 18.8 Å². The van der Waals surface area contributed by atoms with E-state index in [-0.39, 0.29) is 24.2 Å². The maximum absolute atomic E-state index is 12.4. The summed E-state index contributed by atoms with van der Waals surface area (Å²) in [5.74, 6) is -0.0399. The van der Waals surface area contributed by atoms with Gasteiger partial charge >= 0.3 is 0 Å². The van der Waals surface area contributed by atoms with Crippen molar-refractivity contribution in [3.8, 4) is 0 Å². The monoisotopic (exact) mass is 321 g/mol. The lowest BCUT2D eigenvalue weighted by atomic mass is 10.2. The standard InChI is InChI=1S/C13H23N3O2S.ClH/c1-4-12(14-3)10-16(5-2)19(17,18)11-13-8-6-7-9-15-13;/h6-9,12,14H,4-5,10-11H2,1-3H3;1H. The molecule has 1 unspecified atom stereocenters. The van der Waals surface area contributed by atoms with Crippen molar-refractivity contribution in [3.05, 3.63) is 30.1 Å². The third kappa shape index (κ3) is 5.75. The number of nitrogens with one attached hydrogen (secondary N) is 1. The molecule has 0 saturated heterocycles. The lowest BCUT2D eigenvalue weighted by Crippen LogP contribution is -2.42. The molecule has 0 bridgehead atoms. The summed E-state index contributed by atoms with van der Waals surface area (Å²) >= 11 is 0. The minimum absolute atomic E-state index is 0. The summed E-state index contributed by atoms with van der Waals surface area (Å²) in [4.78, 5) is 4.08. The van der Waals surface area contributed by atoms with Crippen molar-refractivity contribution in [3.63, 3.8) is 0 Å². The van der Waals surface area contributed by atoms with Crippen LogP contribution in [0.1, 0.15) is 26.0 Å². The number of rotatable bonds is 8. The number of pyridine rings is 1. The molecule has 0 saturated carbocycles. The first-order chi connectivity index (χ1) is 9.03. The molecule has 0 fully saturated rings. The van der Waals surface area contributed by atoms with Crippen molar-refractivity contribution < 1.29 is 8.42 Å². The van der Waals surface area contributed by atoms with Gasteiger partial charge in [-0.1, -0.05) is 19.9 Å². The summed E-state index contributed by atoms with van der Waals surface area (Å²) in [7, 11) is -1.46. The Morgan fingerprint density at radius 2 is 2.05 bits per heavy atom. The molecule has 0 aliphatic heterocycles. The maximum Gasteiger partial charge on any atom is 0.219 e. The lowest BCUT2D eigenvalue weighted by Gasteiger charge is -2.25. The van der Waals surface area contributed by atoms with Gasteiger partial charge in [0, 0.05) is 25.3 Å². The third-order valence-electron chi connectivity index (χ3n) is 3.13. The predicted molar refractivity (Wildman–Crippen MR) is 84.5 cm³/mol. The lowest BCUT2D eigenvalue weighted by molar-refractivity contribution is 0.368. The van der Waals surface area contributed by atoms with Crippen LogP contribution in [0.4, 0.5) is 0 Å². The molecule has 1 N–H and O–H groups in total. The van der Waals surface area contributed by atoms with Crippen molar-refractivity contribution in [1.82, 2.24) is 14.6 Å². The molecule has 1 heterocycles. The molecule has 116 valence electrons. The molecular formula is C13H24ClN3O2S. The second-order valence-electron chi connectivity index (χ2n) is 4.42. The van der Waals surface area contributed by atoms with Crippen LogP contribution in [0.3, 0.4) is 0 Å². The average Bonchev–Trinajstić information content (AvgIpc) is 2.40. The van der Waals surface area contributed by atoms with Gasteiger partial charge in [0.1, 0.15) is 5.75 Å². The number of sulfonamides is 1. The topological polar surface area (TPSA) is 62.3 Å². The van der Waals surface area contributed by atoms with E-state index in [1.165, 1.54) is 4.31 Å². The number of likely N-dealkylation sites (N-methyl/N-ethyl adjacent to an activating group) is 2. The SMILES string of the molecule is CCC(CN(CC)S(=O)(=O)Cc1ccccn1)NC.Cl. The normalized spacial score (nSPS) is 13.0. The van der Waals surface area contributed by atoms with Crippen LogP contribution in [0.5, 0.6) is 0 Å². The van der Waals surface area contributed by atoms with Gasteiger partial charge in [0.25, 0.3) is 0 Å². The van der Waals surface area contributed by atoms with Gasteiger partial charge in [-0.15, -0.1) is 12.4 Å². The predicted octanol–water partition coefficient (Wildman–Crippen LogP) is 1.65. The van der Waals surface area contributed by atoms with Gasteiger partial charge in [-0.25, -0.2) is 12.7 Å². The number of nitrogens with zero attached hydrogens (tertiary/aromatic N) is 2. The first-order valence-corrected chi connectivity index (χ1v) is 8.19. The van der Waals surface area contributed by atoms with Crippen LogP contribution in [-0.2, 0) is 15.8 Å². The zero-order chi connectivity index (χ0) is 14.3. The Bertz CT molecular complexity index is 464. The molecular weight excluding hydrogens is 298 g/mol. The maximum atomic E-state index is 12.4. The van der Waals surface area contributed by atoms with Crippen LogP contribution in [0, 0.1) is 0 Å². The summed E-state index contributed by atoms with van der Waals surface area (Å²) in [5.41, 5.74) is 0.582. The van der Waals surface area contributed by atoms with Crippen LogP contribution in [0.15, 0.2) is 24.4 Å². The Kier molecular flexibility index (Phi) is 8.96. The van der Waals surface area contributed by atoms with E-state index < -0.39 is 10.0 Å². The molecule has 0 radical (unpaired) electrons. The fourth-order valence-electron chi connectivity index (χ4n) is 1.87. The fraction of sp³-hybridized carbons (Fsp3) is 0.615. The number of hydrogen-bond acceptors (Lipinski definition) is 4. The second kappa shape index (κ2) is 9.28. The minimum atomic E-state index is -3.31. The minimum Gasteiger partial charge on any atom is -0.316 e. The second-order valence-corrected chi connectivity index (χ2v) is 6.39. The first-order valence-electron chi connectivity index (χ1n) is 6.58. The highest BCUT2D eigenvalue weighted by Crippen LogP contribution is 2.10. The van der Waals surface area contributed by atoms with E-state index in [2.05, 4.69) is 10.3 Å². The number of aromatic nitrogens is 1. The molecule has 1 aromatic heterocycles. The van der Waals surface area contributed by atoms with Crippen LogP contribution in [0.25, 0.3) is 0 Å². The molecule has 0 amide bonds. The molecule has 1 atom stereocenters. The highest BCUT2D eigenvalue weighted by atomic mass is 35.5. The van der Waals surface area contributed by atoms with E-state index in [1.54, 1.807) is 24.4 Å². The average molecular weight is 322 g/mol. The Morgan fingerprint density at radius 1 is 1.35 bits per heavy atom. The van der Waals surface area contributed by atoms with E-state index >= 15 is 0 Å². The Morgan fingerprint density at radius 3 is 2.50 bits per heavy atom. The van der Waals surface area contributed by atoms with Gasteiger partial charge in [0.15, 0.2) is 0 Å². The van der Waals surface area contributed by atoms with E-state index in [9.17, 15) is 8.42 Å². The van der Waals surface area contributed by atoms with Gasteiger partial charge in [0.05, 0.1) is 5.69 Å². The summed E-state index contributed by atoms with van der Waals surface area (Å²) in [5, 5.41) is 3.13. The largest absolute Gasteiger partial charge is 0.316 e. The fourth-order valence-corrected chi connectivity index (χ4v) is 3.40. The molecule has 20 heavy (non-hydrogen) atoms. The van der Waals surface area contributed by atoms with E-state index in [4.69, 9.17) is 0 Å². The van der Waals surface area contributed by atoms with Crippen LogP contribution < -0.4 is 5.32 Å². The van der Waals surface area contributed by atoms with Gasteiger partial charge < -0.3 is 5.32 Å². The first kappa shape index (κ1) is 19.3. The van der Waals surface area contributed by atoms with Gasteiger partial charge in [-0.3, -0.25) is 4.98 Å². The van der Waals surface area contributed by atoms with Gasteiger partial charge in [-0.05, 0) is 25.6 Å². The molecule has 0 aromatic carbocycles. The van der Waals surface area contributed by atoms with Crippen molar-refractivity contribution in [1.29, 1.82) is 0 Å². The Balaban J connectivity index is 0.00000361. The van der Waals surface area contributed by atoms with Gasteiger partial charge in [0.2, 0.25) is 10.0 Å². The number of hydrogen-bond donors (Lipinski definition) is 1. The van der Waals surface area contributed by atoms with Crippen LogP contribution in [-0.4, -0.2) is 43.9 Å². The Labute approximate surface area is 128 Å². The molecule has 7 heteroatoms. The number of halogens is 1. The molecule has 5 nitrogen and oxygen atoms in total. The highest BCUT2D eigenvalue weighted by molar-refractivity contribution is 7.88. The summed E-state index contributed by atoms with van der Waals surface area (Å²) in [6, 6.07) is 5.50. The third-order valence-corrected chi connectivity index (χ3v) is 4.98. The quantitative estimate of drug-likeness (QED) is 0.791. The van der Waals surface area contributed by atoms with Crippen LogP contribution >= 0.6 is 12.4 Å². The summed E-state index contributed by atoms with van der Waals surface area (Å²) in [6.45, 7) is 4.88. The van der Waals surface area contributed by atoms with E-state index in [1.807, 2.05) is 20.9 Å². The molecule has 1 aromatic rings. The zero-order valence-electron chi connectivity index (χ0n) is 12.2.